The zero-order valence-electron chi connectivity index (χ0n) is 10.9. The third-order valence-corrected chi connectivity index (χ3v) is 4.70. The van der Waals surface area contributed by atoms with Crippen LogP contribution in [0.15, 0.2) is 4.47 Å². The third kappa shape index (κ3) is 2.31. The lowest BCUT2D eigenvalue weighted by molar-refractivity contribution is -0.143. The average molecular weight is 316 g/mol. The molecule has 2 heterocycles. The highest BCUT2D eigenvalue weighted by atomic mass is 79.9. The summed E-state index contributed by atoms with van der Waals surface area (Å²) in [6.07, 6.45) is 0.936. The zero-order valence-corrected chi connectivity index (χ0v) is 12.4. The molecule has 5 nitrogen and oxygen atoms in total. The average Bonchev–Trinajstić information content (AvgIpc) is 2.75. The summed E-state index contributed by atoms with van der Waals surface area (Å²) in [4.78, 5) is 13.3. The standard InChI is InChI=1S/C12H18BrN3O2/c1-7-4-5-16(11(7)12(17)18)6-9-10(13)8(2)14-15(9)3/h7,11H,4-6H2,1-3H3,(H,17,18). The second-order valence-electron chi connectivity index (χ2n) is 4.99. The molecule has 0 aromatic carbocycles. The molecule has 0 spiro atoms. The molecule has 2 unspecified atom stereocenters. The van der Waals surface area contributed by atoms with E-state index >= 15 is 0 Å². The molecule has 6 heteroatoms. The largest absolute Gasteiger partial charge is 0.480 e. The zero-order chi connectivity index (χ0) is 13.4. The summed E-state index contributed by atoms with van der Waals surface area (Å²) in [5, 5.41) is 13.6. The number of hydrogen-bond donors (Lipinski definition) is 1. The van der Waals surface area contributed by atoms with Gasteiger partial charge < -0.3 is 5.11 Å². The first-order chi connectivity index (χ1) is 8.41. The van der Waals surface area contributed by atoms with Gasteiger partial charge in [-0.15, -0.1) is 0 Å². The lowest BCUT2D eigenvalue weighted by Gasteiger charge is -2.23. The highest BCUT2D eigenvalue weighted by Crippen LogP contribution is 2.28. The van der Waals surface area contributed by atoms with Gasteiger partial charge in [-0.3, -0.25) is 14.4 Å². The van der Waals surface area contributed by atoms with Crippen molar-refractivity contribution in [3.05, 3.63) is 15.9 Å². The molecule has 0 aliphatic carbocycles. The Morgan fingerprint density at radius 1 is 1.61 bits per heavy atom. The topological polar surface area (TPSA) is 58.4 Å². The van der Waals surface area contributed by atoms with E-state index in [-0.39, 0.29) is 12.0 Å². The summed E-state index contributed by atoms with van der Waals surface area (Å²) in [7, 11) is 1.89. The first-order valence-corrected chi connectivity index (χ1v) is 6.86. The number of carboxylic acid groups (broad SMARTS) is 1. The van der Waals surface area contributed by atoms with Crippen molar-refractivity contribution in [1.29, 1.82) is 0 Å². The molecule has 0 radical (unpaired) electrons. The number of aryl methyl sites for hydroxylation is 2. The van der Waals surface area contributed by atoms with Gasteiger partial charge in [0.05, 0.1) is 15.9 Å². The summed E-state index contributed by atoms with van der Waals surface area (Å²) in [5.74, 6) is -0.523. The van der Waals surface area contributed by atoms with Gasteiger partial charge in [-0.25, -0.2) is 0 Å². The van der Waals surface area contributed by atoms with E-state index in [2.05, 4.69) is 21.0 Å². The molecule has 18 heavy (non-hydrogen) atoms. The van der Waals surface area contributed by atoms with Gasteiger partial charge in [-0.05, 0) is 41.7 Å². The number of hydrogen-bond acceptors (Lipinski definition) is 3. The Morgan fingerprint density at radius 2 is 2.28 bits per heavy atom. The van der Waals surface area contributed by atoms with Crippen LogP contribution < -0.4 is 0 Å². The Kier molecular flexibility index (Phi) is 3.77. The molecule has 1 aliphatic heterocycles. The molecule has 100 valence electrons. The van der Waals surface area contributed by atoms with Gasteiger partial charge in [0, 0.05) is 13.6 Å². The molecule has 1 fully saturated rings. The van der Waals surface area contributed by atoms with Crippen LogP contribution in [0.1, 0.15) is 24.7 Å². The normalized spacial score (nSPS) is 24.7. The van der Waals surface area contributed by atoms with Crippen molar-refractivity contribution in [1.82, 2.24) is 14.7 Å². The Morgan fingerprint density at radius 3 is 2.78 bits per heavy atom. The van der Waals surface area contributed by atoms with Crippen LogP contribution in [0, 0.1) is 12.8 Å². The maximum absolute atomic E-state index is 11.3. The van der Waals surface area contributed by atoms with Crippen molar-refractivity contribution >= 4 is 21.9 Å². The number of carbonyl (C=O) groups is 1. The van der Waals surface area contributed by atoms with Gasteiger partial charge in [0.2, 0.25) is 0 Å². The van der Waals surface area contributed by atoms with Crippen molar-refractivity contribution in [3.63, 3.8) is 0 Å². The first-order valence-electron chi connectivity index (χ1n) is 6.06. The minimum absolute atomic E-state index is 0.204. The molecule has 2 atom stereocenters. The molecule has 0 amide bonds. The number of nitrogens with zero attached hydrogens (tertiary/aromatic N) is 3. The minimum atomic E-state index is -0.727. The smallest absolute Gasteiger partial charge is 0.321 e. The third-order valence-electron chi connectivity index (χ3n) is 3.67. The number of aromatic nitrogens is 2. The van der Waals surface area contributed by atoms with Crippen molar-refractivity contribution in [2.75, 3.05) is 6.54 Å². The second-order valence-corrected chi connectivity index (χ2v) is 5.78. The number of likely N-dealkylation sites (tertiary alicyclic amines) is 1. The van der Waals surface area contributed by atoms with Gasteiger partial charge >= 0.3 is 5.97 Å². The number of rotatable bonds is 3. The SMILES string of the molecule is Cc1nn(C)c(CN2CCC(C)C2C(=O)O)c1Br. The number of aliphatic carboxylic acids is 1. The van der Waals surface area contributed by atoms with Gasteiger partial charge in [-0.1, -0.05) is 6.92 Å². The molecule has 2 rings (SSSR count). The molecule has 1 aromatic rings. The molecule has 1 saturated heterocycles. The fraction of sp³-hybridized carbons (Fsp3) is 0.667. The van der Waals surface area contributed by atoms with Crippen molar-refractivity contribution in [2.24, 2.45) is 13.0 Å². The van der Waals surface area contributed by atoms with E-state index in [9.17, 15) is 9.90 Å². The molecule has 0 bridgehead atoms. The Labute approximate surface area is 115 Å². The van der Waals surface area contributed by atoms with E-state index in [1.54, 1.807) is 0 Å². The highest BCUT2D eigenvalue weighted by Gasteiger charge is 2.37. The van der Waals surface area contributed by atoms with Crippen LogP contribution >= 0.6 is 15.9 Å². The molecular weight excluding hydrogens is 298 g/mol. The Balaban J connectivity index is 2.21. The monoisotopic (exact) mass is 315 g/mol. The number of halogens is 1. The van der Waals surface area contributed by atoms with E-state index in [1.807, 2.05) is 30.5 Å². The lowest BCUT2D eigenvalue weighted by atomic mass is 10.0. The van der Waals surface area contributed by atoms with Gasteiger partial charge in [0.1, 0.15) is 6.04 Å². The van der Waals surface area contributed by atoms with Crippen molar-refractivity contribution < 1.29 is 9.90 Å². The van der Waals surface area contributed by atoms with Crippen LogP contribution in [0.25, 0.3) is 0 Å². The van der Waals surface area contributed by atoms with Crippen LogP contribution in [0.2, 0.25) is 0 Å². The second kappa shape index (κ2) is 5.01. The van der Waals surface area contributed by atoms with Crippen molar-refractivity contribution in [3.8, 4) is 0 Å². The predicted octanol–water partition coefficient (Wildman–Crippen LogP) is 1.79. The minimum Gasteiger partial charge on any atom is -0.480 e. The van der Waals surface area contributed by atoms with Gasteiger partial charge in [0.15, 0.2) is 0 Å². The van der Waals surface area contributed by atoms with Crippen LogP contribution in [-0.4, -0.2) is 38.3 Å². The first kappa shape index (κ1) is 13.5. The Bertz CT molecular complexity index is 472. The van der Waals surface area contributed by atoms with E-state index in [0.717, 1.165) is 28.8 Å². The Hall–Kier alpha value is -0.880. The fourth-order valence-electron chi connectivity index (χ4n) is 2.65. The molecule has 1 aliphatic rings. The van der Waals surface area contributed by atoms with Crippen LogP contribution in [-0.2, 0) is 18.4 Å². The maximum atomic E-state index is 11.3. The van der Waals surface area contributed by atoms with E-state index in [1.165, 1.54) is 0 Å². The molecule has 1 aromatic heterocycles. The summed E-state index contributed by atoms with van der Waals surface area (Å²) in [6, 6.07) is -0.382. The van der Waals surface area contributed by atoms with Crippen LogP contribution in [0.4, 0.5) is 0 Å². The molecule has 1 N–H and O–H groups in total. The van der Waals surface area contributed by atoms with E-state index in [0.29, 0.717) is 6.54 Å². The maximum Gasteiger partial charge on any atom is 0.321 e. The van der Waals surface area contributed by atoms with Crippen LogP contribution in [0.5, 0.6) is 0 Å². The highest BCUT2D eigenvalue weighted by molar-refractivity contribution is 9.10. The van der Waals surface area contributed by atoms with Gasteiger partial charge in [0.25, 0.3) is 0 Å². The summed E-state index contributed by atoms with van der Waals surface area (Å²) >= 11 is 3.52. The van der Waals surface area contributed by atoms with Gasteiger partial charge in [-0.2, -0.15) is 5.10 Å². The quantitative estimate of drug-likeness (QED) is 0.924. The summed E-state index contributed by atoms with van der Waals surface area (Å²) in [6.45, 7) is 5.39. The van der Waals surface area contributed by atoms with E-state index in [4.69, 9.17) is 0 Å². The predicted molar refractivity (Wildman–Crippen MR) is 71.3 cm³/mol. The summed E-state index contributed by atoms with van der Waals surface area (Å²) < 4.78 is 2.80. The lowest BCUT2D eigenvalue weighted by Crippen LogP contribution is -2.38. The number of carboxylic acids is 1. The molecule has 0 saturated carbocycles. The van der Waals surface area contributed by atoms with E-state index < -0.39 is 5.97 Å². The molecular formula is C12H18BrN3O2. The van der Waals surface area contributed by atoms with Crippen LogP contribution in [0.3, 0.4) is 0 Å². The van der Waals surface area contributed by atoms with Crippen molar-refractivity contribution in [2.45, 2.75) is 32.9 Å². The fourth-order valence-corrected chi connectivity index (χ4v) is 3.11. The summed E-state index contributed by atoms with van der Waals surface area (Å²) in [5.41, 5.74) is 1.97.